The molecule has 3 aromatic rings. The second kappa shape index (κ2) is 27.2. The molecule has 3 aromatic carbocycles. The Morgan fingerprint density at radius 2 is 0.920 bits per heavy atom. The van der Waals surface area contributed by atoms with Crippen LogP contribution < -0.4 is 0 Å². The van der Waals surface area contributed by atoms with E-state index in [2.05, 4.69) is 18.2 Å². The van der Waals surface area contributed by atoms with Crippen molar-refractivity contribution >= 4 is 16.2 Å². The summed E-state index contributed by atoms with van der Waals surface area (Å²) in [5.41, 5.74) is 0. The van der Waals surface area contributed by atoms with Gasteiger partial charge >= 0.3 is 19.5 Å². The Morgan fingerprint density at radius 1 is 0.640 bits per heavy atom. The van der Waals surface area contributed by atoms with Crippen molar-refractivity contribution in [3.63, 3.8) is 0 Å². The van der Waals surface area contributed by atoms with E-state index in [-0.39, 0.29) is 29.4 Å². The maximum Gasteiger partial charge on any atom is 3.00 e. The van der Waals surface area contributed by atoms with Gasteiger partial charge in [-0.05, 0) is 6.42 Å². The molecule has 0 aliphatic rings. The summed E-state index contributed by atoms with van der Waals surface area (Å²) in [6.45, 7) is 1.98. The molecule has 3 heteroatoms. The van der Waals surface area contributed by atoms with Crippen molar-refractivity contribution in [3.8, 4) is 0 Å². The van der Waals surface area contributed by atoms with Crippen molar-refractivity contribution in [1.29, 1.82) is 0 Å². The normalized spacial score (nSPS) is 7.24. The summed E-state index contributed by atoms with van der Waals surface area (Å²) >= 11 is 0. The number of unbranched alkanes of at least 4 members (excludes halogenated alkanes) is 1. The van der Waals surface area contributed by atoms with Crippen molar-refractivity contribution in [2.24, 2.45) is 0 Å². The average molecular weight is 440 g/mol. The molecule has 0 bridgehead atoms. The Bertz CT molecular complexity index is 378. The molecule has 0 N–H and O–H groups in total. The zero-order valence-corrected chi connectivity index (χ0v) is 17.7. The minimum atomic E-state index is 0. The van der Waals surface area contributed by atoms with Crippen LogP contribution >= 0.6 is 9.90 Å². The molecular weight excluding hydrogens is 414 g/mol. The molecular formula is C22H26OPRh. The van der Waals surface area contributed by atoms with E-state index in [1.807, 2.05) is 97.9 Å². The van der Waals surface area contributed by atoms with Gasteiger partial charge in [0.05, 0.1) is 0 Å². The smallest absolute Gasteiger partial charge is 0.303 e. The third-order valence-corrected chi connectivity index (χ3v) is 2.23. The monoisotopic (exact) mass is 440 g/mol. The van der Waals surface area contributed by atoms with Gasteiger partial charge in [-0.15, -0.1) is 0 Å². The van der Waals surface area contributed by atoms with Gasteiger partial charge in [0.15, 0.2) is 0 Å². The molecule has 0 saturated heterocycles. The van der Waals surface area contributed by atoms with Crippen LogP contribution in [0.2, 0.25) is 0 Å². The molecule has 0 radical (unpaired) electrons. The first-order valence-corrected chi connectivity index (χ1v) is 7.58. The fraction of sp³-hybridized carbons (Fsp3) is 0.136. The Balaban J connectivity index is -0.000000252. The third kappa shape index (κ3) is 27.5. The largest absolute Gasteiger partial charge is 3.00 e. The van der Waals surface area contributed by atoms with Crippen LogP contribution in [0.5, 0.6) is 0 Å². The molecule has 1 unspecified atom stereocenters. The second-order valence-electron chi connectivity index (χ2n) is 4.19. The summed E-state index contributed by atoms with van der Waals surface area (Å²) in [4.78, 5) is 9.40. The van der Waals surface area contributed by atoms with Crippen molar-refractivity contribution < 1.29 is 24.3 Å². The Kier molecular flexibility index (Phi) is 30.7. The maximum atomic E-state index is 9.40. The zero-order valence-electron chi connectivity index (χ0n) is 14.6. The molecule has 0 fully saturated rings. The fourth-order valence-electron chi connectivity index (χ4n) is 1.14. The number of benzene rings is 3. The van der Waals surface area contributed by atoms with E-state index in [0.29, 0.717) is 6.42 Å². The van der Waals surface area contributed by atoms with Gasteiger partial charge in [-0.2, -0.15) is 119 Å². The van der Waals surface area contributed by atoms with Gasteiger partial charge < -0.3 is 4.79 Å². The summed E-state index contributed by atoms with van der Waals surface area (Å²) in [7, 11) is 0. The van der Waals surface area contributed by atoms with E-state index >= 15 is 0 Å². The van der Waals surface area contributed by atoms with E-state index in [9.17, 15) is 4.79 Å². The van der Waals surface area contributed by atoms with Crippen LogP contribution in [0.3, 0.4) is 0 Å². The molecule has 0 amide bonds. The molecule has 0 aromatic heterocycles. The van der Waals surface area contributed by atoms with Crippen LogP contribution in [0, 0.1) is 18.2 Å². The van der Waals surface area contributed by atoms with E-state index in [0.717, 1.165) is 12.7 Å². The van der Waals surface area contributed by atoms with Crippen LogP contribution in [0.4, 0.5) is 0 Å². The maximum absolute atomic E-state index is 9.40. The van der Waals surface area contributed by atoms with E-state index in [1.165, 1.54) is 0 Å². The Labute approximate surface area is 169 Å². The molecule has 0 heterocycles. The number of hydrogen-bond acceptors (Lipinski definition) is 1. The van der Waals surface area contributed by atoms with Gasteiger partial charge in [-0.25, -0.2) is 0 Å². The van der Waals surface area contributed by atoms with Crippen molar-refractivity contribution in [2.75, 3.05) is 0 Å². The summed E-state index contributed by atoms with van der Waals surface area (Å²) < 4.78 is 0. The first-order chi connectivity index (χ1) is 11.4. The van der Waals surface area contributed by atoms with Crippen LogP contribution in [0.25, 0.3) is 0 Å². The molecule has 1 nitrogen and oxygen atoms in total. The molecule has 134 valence electrons. The molecule has 0 aliphatic heterocycles. The zero-order chi connectivity index (χ0) is 16.8. The van der Waals surface area contributed by atoms with E-state index in [4.69, 9.17) is 0 Å². The first kappa shape index (κ1) is 28.2. The summed E-state index contributed by atoms with van der Waals surface area (Å²) in [6.07, 6.45) is 2.61. The number of hydrogen-bond donors (Lipinski definition) is 0. The Hall–Kier alpha value is -1.62. The standard InChI is InChI=1S/3C6H5.C4H8O.H3P.Rh/c3*1-2-4-6-5-3-1;1-2-3-4-5;;/h3*1-5H;4H,2-3H2,1H3;1H3;/q3*-1;;;+3. The summed E-state index contributed by atoms with van der Waals surface area (Å²) in [5, 5.41) is 0. The molecule has 0 aliphatic carbocycles. The minimum absolute atomic E-state index is 0. The predicted octanol–water partition coefficient (Wildman–Crippen LogP) is 5.50. The van der Waals surface area contributed by atoms with E-state index < -0.39 is 0 Å². The first-order valence-electron chi connectivity index (χ1n) is 7.58. The second-order valence-corrected chi connectivity index (χ2v) is 4.19. The fourth-order valence-corrected chi connectivity index (χ4v) is 1.14. The SMILES string of the molecule is CCCC=O.P.[Rh+3].[c-]1ccccc1.[c-]1ccccc1.[c-]1ccccc1. The Morgan fingerprint density at radius 3 is 0.960 bits per heavy atom. The molecule has 3 rings (SSSR count). The summed E-state index contributed by atoms with van der Waals surface area (Å²) in [6, 6.07) is 37.5. The number of aldehydes is 1. The van der Waals surface area contributed by atoms with Crippen molar-refractivity contribution in [3.05, 3.63) is 109 Å². The van der Waals surface area contributed by atoms with E-state index in [1.54, 1.807) is 0 Å². The quantitative estimate of drug-likeness (QED) is 0.223. The predicted molar refractivity (Wildman–Crippen MR) is 108 cm³/mol. The molecule has 1 atom stereocenters. The average Bonchev–Trinajstić information content (AvgIpc) is 2.68. The van der Waals surface area contributed by atoms with Gasteiger partial charge in [0.25, 0.3) is 0 Å². The van der Waals surface area contributed by atoms with Crippen LogP contribution in [0.15, 0.2) is 91.0 Å². The van der Waals surface area contributed by atoms with Gasteiger partial charge in [-0.1, -0.05) is 6.92 Å². The number of carbonyl (C=O) groups is 1. The van der Waals surface area contributed by atoms with Crippen LogP contribution in [-0.2, 0) is 24.3 Å². The van der Waals surface area contributed by atoms with Crippen LogP contribution in [0.1, 0.15) is 19.8 Å². The molecule has 0 saturated carbocycles. The van der Waals surface area contributed by atoms with Crippen molar-refractivity contribution in [2.45, 2.75) is 19.8 Å². The van der Waals surface area contributed by atoms with Crippen molar-refractivity contribution in [1.82, 2.24) is 0 Å². The number of rotatable bonds is 2. The van der Waals surface area contributed by atoms with Crippen LogP contribution in [-0.4, -0.2) is 6.29 Å². The minimum Gasteiger partial charge on any atom is -0.303 e. The molecule has 25 heavy (non-hydrogen) atoms. The topological polar surface area (TPSA) is 17.1 Å². The van der Waals surface area contributed by atoms with Gasteiger partial charge in [0, 0.05) is 6.42 Å². The van der Waals surface area contributed by atoms with Gasteiger partial charge in [0.1, 0.15) is 6.29 Å². The number of carbonyl (C=O) groups excluding carboxylic acids is 1. The summed E-state index contributed by atoms with van der Waals surface area (Å²) in [5.74, 6) is 0. The molecule has 0 spiro atoms. The van der Waals surface area contributed by atoms with Gasteiger partial charge in [0.2, 0.25) is 0 Å². The van der Waals surface area contributed by atoms with Gasteiger partial charge in [-0.3, -0.25) is 0 Å². The third-order valence-electron chi connectivity index (χ3n) is 2.23.